The number of aromatic nitrogens is 4. The Morgan fingerprint density at radius 2 is 1.71 bits per heavy atom. The summed E-state index contributed by atoms with van der Waals surface area (Å²) in [6.07, 6.45) is 3.23. The predicted octanol–water partition coefficient (Wildman–Crippen LogP) is -0.116. The van der Waals surface area contributed by atoms with Crippen molar-refractivity contribution in [2.24, 2.45) is 0 Å². The quantitative estimate of drug-likeness (QED) is 0.634. The zero-order chi connectivity index (χ0) is 16.8. The van der Waals surface area contributed by atoms with E-state index in [2.05, 4.69) is 15.6 Å². The summed E-state index contributed by atoms with van der Waals surface area (Å²) in [6, 6.07) is 7.89. The van der Waals surface area contributed by atoms with Crippen LogP contribution in [0.2, 0.25) is 0 Å². The fraction of sp³-hybridized carbons (Fsp3) is 0. The van der Waals surface area contributed by atoms with Crippen molar-refractivity contribution in [1.29, 1.82) is 0 Å². The minimum absolute atomic E-state index is 0.00187. The monoisotopic (exact) mass is 322 g/mol. The second kappa shape index (κ2) is 4.88. The first-order valence-electron chi connectivity index (χ1n) is 6.94. The van der Waals surface area contributed by atoms with Crippen LogP contribution in [-0.2, 0) is 0 Å². The van der Waals surface area contributed by atoms with E-state index in [0.29, 0.717) is 5.69 Å². The lowest BCUT2D eigenvalue weighted by atomic mass is 10.1. The largest absolute Gasteiger partial charge is 0.384 e. The maximum absolute atomic E-state index is 12.3. The second-order valence-electron chi connectivity index (χ2n) is 5.14. The molecule has 0 bridgehead atoms. The molecule has 2 aromatic heterocycles. The minimum Gasteiger partial charge on any atom is -0.384 e. The molecule has 0 spiro atoms. The Hall–Kier alpha value is -3.75. The highest BCUT2D eigenvalue weighted by molar-refractivity contribution is 6.23. The third-order valence-corrected chi connectivity index (χ3v) is 3.75. The van der Waals surface area contributed by atoms with E-state index in [9.17, 15) is 14.4 Å². The second-order valence-corrected chi connectivity index (χ2v) is 5.14. The van der Waals surface area contributed by atoms with Gasteiger partial charge in [0.25, 0.3) is 17.4 Å². The van der Waals surface area contributed by atoms with Crippen LogP contribution in [0.3, 0.4) is 0 Å². The number of hydrogen-bond acceptors (Lipinski definition) is 6. The van der Waals surface area contributed by atoms with Gasteiger partial charge in [-0.15, -0.1) is 5.10 Å². The van der Waals surface area contributed by atoms with E-state index in [4.69, 9.17) is 5.73 Å². The van der Waals surface area contributed by atoms with Gasteiger partial charge in [-0.2, -0.15) is 0 Å². The predicted molar refractivity (Wildman–Crippen MR) is 83.2 cm³/mol. The summed E-state index contributed by atoms with van der Waals surface area (Å²) in [5.74, 6) is -1.30. The van der Waals surface area contributed by atoms with Crippen molar-refractivity contribution < 1.29 is 9.59 Å². The molecule has 0 saturated heterocycles. The molecule has 2 amide bonds. The molecule has 0 saturated carbocycles. The molecule has 0 aliphatic carbocycles. The molecule has 1 aliphatic heterocycles. The summed E-state index contributed by atoms with van der Waals surface area (Å²) in [7, 11) is 0. The highest BCUT2D eigenvalue weighted by Crippen LogP contribution is 2.23. The van der Waals surface area contributed by atoms with Gasteiger partial charge < -0.3 is 5.73 Å². The molecule has 0 radical (unpaired) electrons. The first-order chi connectivity index (χ1) is 11.6. The number of rotatable bonds is 2. The van der Waals surface area contributed by atoms with Crippen molar-refractivity contribution in [3.8, 4) is 11.4 Å². The van der Waals surface area contributed by atoms with Crippen molar-refractivity contribution in [3.63, 3.8) is 0 Å². The van der Waals surface area contributed by atoms with E-state index in [1.165, 1.54) is 4.57 Å². The molecule has 3 aromatic rings. The fourth-order valence-electron chi connectivity index (χ4n) is 2.65. The first-order valence-corrected chi connectivity index (χ1v) is 6.94. The highest BCUT2D eigenvalue weighted by atomic mass is 16.2. The lowest BCUT2D eigenvalue weighted by Crippen LogP contribution is -2.24. The number of nitrogens with zero attached hydrogens (tertiary/aromatic N) is 4. The van der Waals surface area contributed by atoms with Gasteiger partial charge >= 0.3 is 0 Å². The van der Waals surface area contributed by atoms with Crippen molar-refractivity contribution in [1.82, 2.24) is 24.9 Å². The molecule has 1 aliphatic rings. The van der Waals surface area contributed by atoms with Gasteiger partial charge in [-0.25, -0.2) is 4.68 Å². The number of benzene rings is 1. The number of amides is 2. The number of carbonyl (C=O) groups is 2. The number of anilines is 1. The van der Waals surface area contributed by atoms with Crippen molar-refractivity contribution in [3.05, 3.63) is 64.2 Å². The van der Waals surface area contributed by atoms with E-state index in [1.807, 2.05) is 0 Å². The van der Waals surface area contributed by atoms with Gasteiger partial charge in [0, 0.05) is 6.07 Å². The lowest BCUT2D eigenvalue weighted by molar-refractivity contribution is 0.0880. The van der Waals surface area contributed by atoms with Crippen LogP contribution in [0.25, 0.3) is 11.4 Å². The van der Waals surface area contributed by atoms with Crippen LogP contribution in [0, 0.1) is 0 Å². The average Bonchev–Trinajstić information content (AvgIpc) is 3.17. The van der Waals surface area contributed by atoms with Gasteiger partial charge in [-0.3, -0.25) is 24.3 Å². The van der Waals surface area contributed by atoms with E-state index >= 15 is 0 Å². The smallest absolute Gasteiger partial charge is 0.262 e. The summed E-state index contributed by atoms with van der Waals surface area (Å²) in [6.45, 7) is 0. The molecule has 1 aromatic carbocycles. The van der Waals surface area contributed by atoms with Crippen LogP contribution in [0.1, 0.15) is 20.7 Å². The third kappa shape index (κ3) is 1.92. The third-order valence-electron chi connectivity index (χ3n) is 3.75. The van der Waals surface area contributed by atoms with E-state index in [1.54, 1.807) is 41.3 Å². The molecule has 0 unspecified atom stereocenters. The lowest BCUT2D eigenvalue weighted by Gasteiger charge is -2.12. The van der Waals surface area contributed by atoms with E-state index < -0.39 is 17.4 Å². The van der Waals surface area contributed by atoms with Crippen LogP contribution in [0.15, 0.2) is 47.5 Å². The standard InChI is InChI=1S/C15H10N6O3/c16-13-12-10(14(23)18-15(12)24)7-11(22)21(13)9-3-1-8(2-4-9)20-6-5-17-19-20/h1-7H,16H2,(H,18,23,24). The van der Waals surface area contributed by atoms with Gasteiger partial charge in [0.05, 0.1) is 34.9 Å². The highest BCUT2D eigenvalue weighted by Gasteiger charge is 2.31. The van der Waals surface area contributed by atoms with Crippen LogP contribution in [0.5, 0.6) is 0 Å². The Balaban J connectivity index is 1.86. The van der Waals surface area contributed by atoms with Gasteiger partial charge in [0.2, 0.25) is 0 Å². The normalized spacial score (nSPS) is 13.0. The zero-order valence-electron chi connectivity index (χ0n) is 12.1. The Bertz CT molecular complexity index is 1030. The Kier molecular flexibility index (Phi) is 2.82. The van der Waals surface area contributed by atoms with E-state index in [0.717, 1.165) is 11.8 Å². The molecule has 9 nitrogen and oxygen atoms in total. The van der Waals surface area contributed by atoms with Crippen molar-refractivity contribution in [2.45, 2.75) is 0 Å². The Morgan fingerprint density at radius 3 is 2.38 bits per heavy atom. The summed E-state index contributed by atoms with van der Waals surface area (Å²) in [5, 5.41) is 9.72. The number of nitrogens with two attached hydrogens (primary N) is 1. The molecular formula is C15H10N6O3. The summed E-state index contributed by atoms with van der Waals surface area (Å²) >= 11 is 0. The number of hydrogen-bond donors (Lipinski definition) is 2. The van der Waals surface area contributed by atoms with Crippen molar-refractivity contribution in [2.75, 3.05) is 5.73 Å². The molecule has 9 heteroatoms. The van der Waals surface area contributed by atoms with Crippen LogP contribution >= 0.6 is 0 Å². The number of imide groups is 1. The summed E-state index contributed by atoms with van der Waals surface area (Å²) in [4.78, 5) is 35.8. The molecule has 0 atom stereocenters. The van der Waals surface area contributed by atoms with Gasteiger partial charge in [-0.05, 0) is 24.3 Å². The number of fused-ring (bicyclic) bond motifs is 1. The fourth-order valence-corrected chi connectivity index (χ4v) is 2.65. The summed E-state index contributed by atoms with van der Waals surface area (Å²) in [5.41, 5.74) is 6.71. The Morgan fingerprint density at radius 1 is 1.00 bits per heavy atom. The zero-order valence-corrected chi connectivity index (χ0v) is 12.1. The number of carbonyl (C=O) groups excluding carboxylic acids is 2. The number of pyridine rings is 1. The molecule has 4 rings (SSSR count). The molecule has 118 valence electrons. The maximum Gasteiger partial charge on any atom is 0.262 e. The van der Waals surface area contributed by atoms with Crippen LogP contribution < -0.4 is 16.6 Å². The molecule has 0 fully saturated rings. The molecule has 3 heterocycles. The summed E-state index contributed by atoms with van der Waals surface area (Å²) < 4.78 is 2.74. The Labute approximate surface area is 134 Å². The average molecular weight is 322 g/mol. The van der Waals surface area contributed by atoms with E-state index in [-0.39, 0.29) is 16.9 Å². The SMILES string of the molecule is Nc1c2c(cc(=O)n1-c1ccc(-n3ccnn3)cc1)C(=O)NC2=O. The van der Waals surface area contributed by atoms with Gasteiger partial charge in [-0.1, -0.05) is 5.21 Å². The van der Waals surface area contributed by atoms with Crippen molar-refractivity contribution >= 4 is 17.6 Å². The molecular weight excluding hydrogens is 312 g/mol. The molecule has 24 heavy (non-hydrogen) atoms. The number of nitrogens with one attached hydrogen (secondary N) is 1. The van der Waals surface area contributed by atoms with Gasteiger partial charge in [0.1, 0.15) is 5.82 Å². The first kappa shape index (κ1) is 13.9. The van der Waals surface area contributed by atoms with Crippen LogP contribution in [-0.4, -0.2) is 31.4 Å². The minimum atomic E-state index is -0.618. The van der Waals surface area contributed by atoms with Crippen LogP contribution in [0.4, 0.5) is 5.82 Å². The van der Waals surface area contributed by atoms with Gasteiger partial charge in [0.15, 0.2) is 0 Å². The molecule has 3 N–H and O–H groups in total. The maximum atomic E-state index is 12.3. The number of nitrogen functional groups attached to an aromatic ring is 1. The topological polar surface area (TPSA) is 125 Å².